The van der Waals surface area contributed by atoms with Crippen molar-refractivity contribution in [2.45, 2.75) is 6.42 Å². The van der Waals surface area contributed by atoms with Crippen LogP contribution in [0.3, 0.4) is 0 Å². The Kier molecular flexibility index (Phi) is 6.82. The molecule has 0 saturated carbocycles. The lowest BCUT2D eigenvalue weighted by atomic mass is 10.1. The number of nitrogens with zero attached hydrogens (tertiary/aromatic N) is 4. The third-order valence-electron chi connectivity index (χ3n) is 4.46. The van der Waals surface area contributed by atoms with Gasteiger partial charge in [0.05, 0.1) is 12.2 Å². The summed E-state index contributed by atoms with van der Waals surface area (Å²) in [6.45, 7) is 1.86. The molecule has 0 bridgehead atoms. The highest BCUT2D eigenvalue weighted by Gasteiger charge is 2.27. The minimum atomic E-state index is -3.44. The molecule has 0 aliphatic carbocycles. The molecular formula is C18H22ClN5O3S. The number of hydrogen-bond donors (Lipinski definition) is 1. The summed E-state index contributed by atoms with van der Waals surface area (Å²) >= 11 is 6.04. The smallest absolute Gasteiger partial charge is 0.225 e. The van der Waals surface area contributed by atoms with E-state index >= 15 is 0 Å². The van der Waals surface area contributed by atoms with Gasteiger partial charge < -0.3 is 10.2 Å². The van der Waals surface area contributed by atoms with Crippen LogP contribution in [0.25, 0.3) is 0 Å². The summed E-state index contributed by atoms with van der Waals surface area (Å²) in [5.74, 6) is 0.212. The second-order valence-corrected chi connectivity index (χ2v) is 8.86. The maximum Gasteiger partial charge on any atom is 0.225 e. The Morgan fingerprint density at radius 3 is 2.43 bits per heavy atom. The Morgan fingerprint density at radius 2 is 1.75 bits per heavy atom. The molecule has 2 aromatic rings. The number of hydrogen-bond acceptors (Lipinski definition) is 6. The van der Waals surface area contributed by atoms with Crippen LogP contribution in [0, 0.1) is 0 Å². The van der Waals surface area contributed by atoms with Crippen molar-refractivity contribution in [1.29, 1.82) is 0 Å². The van der Waals surface area contributed by atoms with Crippen LogP contribution in [0.4, 0.5) is 5.95 Å². The van der Waals surface area contributed by atoms with Gasteiger partial charge in [0, 0.05) is 50.1 Å². The van der Waals surface area contributed by atoms with Crippen LogP contribution in [0.5, 0.6) is 0 Å². The number of nitrogens with one attached hydrogen (secondary N) is 1. The number of amides is 1. The number of anilines is 1. The lowest BCUT2D eigenvalue weighted by molar-refractivity contribution is -0.120. The number of aromatic nitrogens is 2. The SMILES string of the molecule is O=C(Cc1ccccc1Cl)NCCS(=O)(=O)N1CCN(c2ncccn2)CC1. The monoisotopic (exact) mass is 423 g/mol. The highest BCUT2D eigenvalue weighted by molar-refractivity contribution is 7.89. The molecule has 1 aromatic heterocycles. The lowest BCUT2D eigenvalue weighted by Gasteiger charge is -2.33. The second-order valence-electron chi connectivity index (χ2n) is 6.37. The zero-order valence-electron chi connectivity index (χ0n) is 15.3. The predicted molar refractivity (Wildman–Crippen MR) is 108 cm³/mol. The Labute approximate surface area is 169 Å². The lowest BCUT2D eigenvalue weighted by Crippen LogP contribution is -2.50. The van der Waals surface area contributed by atoms with Crippen molar-refractivity contribution < 1.29 is 13.2 Å². The van der Waals surface area contributed by atoms with Crippen LogP contribution in [0.15, 0.2) is 42.7 Å². The van der Waals surface area contributed by atoms with Gasteiger partial charge in [-0.1, -0.05) is 29.8 Å². The van der Waals surface area contributed by atoms with E-state index in [-0.39, 0.29) is 24.6 Å². The third kappa shape index (κ3) is 5.40. The van der Waals surface area contributed by atoms with Crippen molar-refractivity contribution in [3.8, 4) is 0 Å². The minimum Gasteiger partial charge on any atom is -0.355 e. The van der Waals surface area contributed by atoms with Gasteiger partial charge in [-0.2, -0.15) is 4.31 Å². The molecule has 0 atom stereocenters. The number of carbonyl (C=O) groups excluding carboxylic acids is 1. The summed E-state index contributed by atoms with van der Waals surface area (Å²) < 4.78 is 26.5. The molecule has 1 aliphatic heterocycles. The van der Waals surface area contributed by atoms with E-state index in [4.69, 9.17) is 11.6 Å². The molecule has 1 aliphatic rings. The van der Waals surface area contributed by atoms with Gasteiger partial charge in [0.15, 0.2) is 0 Å². The molecule has 8 nitrogen and oxygen atoms in total. The summed E-state index contributed by atoms with van der Waals surface area (Å²) in [5.41, 5.74) is 0.712. The number of rotatable bonds is 7. The largest absolute Gasteiger partial charge is 0.355 e. The van der Waals surface area contributed by atoms with Crippen LogP contribution >= 0.6 is 11.6 Å². The molecule has 1 saturated heterocycles. The number of sulfonamides is 1. The standard InChI is InChI=1S/C18H22ClN5O3S/c19-16-5-2-1-4-15(16)14-17(25)20-8-13-28(26,27)24-11-9-23(10-12-24)18-21-6-3-7-22-18/h1-7H,8-14H2,(H,20,25). The first-order valence-corrected chi connectivity index (χ1v) is 10.9. The van der Waals surface area contributed by atoms with E-state index in [1.165, 1.54) is 4.31 Å². The third-order valence-corrected chi connectivity index (χ3v) is 6.70. The van der Waals surface area contributed by atoms with Gasteiger partial charge in [-0.25, -0.2) is 18.4 Å². The molecule has 1 N–H and O–H groups in total. The van der Waals surface area contributed by atoms with E-state index in [0.29, 0.717) is 42.7 Å². The summed E-state index contributed by atoms with van der Waals surface area (Å²) in [6, 6.07) is 8.83. The second kappa shape index (κ2) is 9.31. The van der Waals surface area contributed by atoms with Crippen molar-refractivity contribution >= 4 is 33.5 Å². The molecule has 1 fully saturated rings. The van der Waals surface area contributed by atoms with Crippen LogP contribution in [0.1, 0.15) is 5.56 Å². The fourth-order valence-corrected chi connectivity index (χ4v) is 4.49. The first-order chi connectivity index (χ1) is 13.5. The molecule has 28 heavy (non-hydrogen) atoms. The van der Waals surface area contributed by atoms with Gasteiger partial charge in [-0.3, -0.25) is 4.79 Å². The minimum absolute atomic E-state index is 0.0631. The summed E-state index contributed by atoms with van der Waals surface area (Å²) in [5, 5.41) is 3.17. The number of benzene rings is 1. The average Bonchev–Trinajstić information content (AvgIpc) is 2.70. The van der Waals surface area contributed by atoms with Crippen molar-refractivity contribution in [2.24, 2.45) is 0 Å². The Morgan fingerprint density at radius 1 is 1.07 bits per heavy atom. The van der Waals surface area contributed by atoms with E-state index in [0.717, 1.165) is 0 Å². The molecule has 0 unspecified atom stereocenters. The predicted octanol–water partition coefficient (Wildman–Crippen LogP) is 0.941. The van der Waals surface area contributed by atoms with Crippen LogP contribution in [0.2, 0.25) is 5.02 Å². The molecule has 3 rings (SSSR count). The Bertz CT molecular complexity index is 902. The molecular weight excluding hydrogens is 402 g/mol. The first kappa shape index (κ1) is 20.5. The van der Waals surface area contributed by atoms with E-state index in [1.54, 1.807) is 42.7 Å². The van der Waals surface area contributed by atoms with Gasteiger partial charge in [-0.05, 0) is 17.7 Å². The molecule has 1 aromatic carbocycles. The Balaban J connectivity index is 1.44. The molecule has 1 amide bonds. The zero-order chi connectivity index (χ0) is 20.0. The maximum absolute atomic E-state index is 12.5. The topological polar surface area (TPSA) is 95.5 Å². The van der Waals surface area contributed by atoms with Gasteiger partial charge in [0.25, 0.3) is 0 Å². The van der Waals surface area contributed by atoms with Gasteiger partial charge in [-0.15, -0.1) is 0 Å². The molecule has 0 spiro atoms. The van der Waals surface area contributed by atoms with E-state index in [2.05, 4.69) is 15.3 Å². The quantitative estimate of drug-likeness (QED) is 0.712. The molecule has 10 heteroatoms. The number of carbonyl (C=O) groups is 1. The normalized spacial score (nSPS) is 15.4. The maximum atomic E-state index is 12.5. The van der Waals surface area contributed by atoms with E-state index in [9.17, 15) is 13.2 Å². The fraction of sp³-hybridized carbons (Fsp3) is 0.389. The average molecular weight is 424 g/mol. The van der Waals surface area contributed by atoms with E-state index in [1.807, 2.05) is 4.90 Å². The van der Waals surface area contributed by atoms with Crippen LogP contribution in [-0.4, -0.2) is 67.1 Å². The van der Waals surface area contributed by atoms with Crippen molar-refractivity contribution in [3.63, 3.8) is 0 Å². The highest BCUT2D eigenvalue weighted by atomic mass is 35.5. The summed E-state index contributed by atoms with van der Waals surface area (Å²) in [7, 11) is -3.44. The van der Waals surface area contributed by atoms with Crippen molar-refractivity contribution in [2.75, 3.05) is 43.4 Å². The Hall–Kier alpha value is -2.23. The van der Waals surface area contributed by atoms with Crippen LogP contribution < -0.4 is 10.2 Å². The molecule has 150 valence electrons. The van der Waals surface area contributed by atoms with Crippen LogP contribution in [-0.2, 0) is 21.2 Å². The summed E-state index contributed by atoms with van der Waals surface area (Å²) in [4.78, 5) is 22.4. The van der Waals surface area contributed by atoms with E-state index < -0.39 is 10.0 Å². The van der Waals surface area contributed by atoms with Gasteiger partial charge in [0.2, 0.25) is 21.9 Å². The number of halogens is 1. The number of piperazine rings is 1. The van der Waals surface area contributed by atoms with Gasteiger partial charge >= 0.3 is 0 Å². The fourth-order valence-electron chi connectivity index (χ4n) is 2.95. The first-order valence-electron chi connectivity index (χ1n) is 8.95. The zero-order valence-corrected chi connectivity index (χ0v) is 16.9. The van der Waals surface area contributed by atoms with Crippen molar-refractivity contribution in [1.82, 2.24) is 19.6 Å². The van der Waals surface area contributed by atoms with Crippen molar-refractivity contribution in [3.05, 3.63) is 53.3 Å². The molecule has 0 radical (unpaired) electrons. The van der Waals surface area contributed by atoms with Gasteiger partial charge in [0.1, 0.15) is 0 Å². The highest BCUT2D eigenvalue weighted by Crippen LogP contribution is 2.15. The summed E-state index contributed by atoms with van der Waals surface area (Å²) in [6.07, 6.45) is 3.45. The molecule has 2 heterocycles.